The van der Waals surface area contributed by atoms with E-state index in [9.17, 15) is 4.79 Å². The monoisotopic (exact) mass is 296 g/mol. The molecule has 1 aromatic heterocycles. The predicted molar refractivity (Wildman–Crippen MR) is 81.9 cm³/mol. The second kappa shape index (κ2) is 7.15. The van der Waals surface area contributed by atoms with Crippen LogP contribution in [-0.4, -0.2) is 41.5 Å². The Morgan fingerprint density at radius 3 is 2.75 bits per heavy atom. The summed E-state index contributed by atoms with van der Waals surface area (Å²) in [6, 6.07) is 0.264. The Bertz CT molecular complexity index is 440. The van der Waals surface area contributed by atoms with Crippen molar-refractivity contribution in [2.75, 3.05) is 19.6 Å². The van der Waals surface area contributed by atoms with Crippen LogP contribution in [0.25, 0.3) is 0 Å². The lowest BCUT2D eigenvalue weighted by Gasteiger charge is -2.32. The van der Waals surface area contributed by atoms with Crippen molar-refractivity contribution in [3.05, 3.63) is 16.1 Å². The van der Waals surface area contributed by atoms with Gasteiger partial charge in [-0.25, -0.2) is 4.98 Å². The molecule has 1 amide bonds. The quantitative estimate of drug-likeness (QED) is 0.868. The van der Waals surface area contributed by atoms with E-state index >= 15 is 0 Å². The molecule has 3 N–H and O–H groups in total. The first-order valence-electron chi connectivity index (χ1n) is 7.31. The maximum Gasteiger partial charge on any atom is 0.270 e. The van der Waals surface area contributed by atoms with E-state index in [2.05, 4.69) is 22.1 Å². The highest BCUT2D eigenvalue weighted by molar-refractivity contribution is 7.09. The molecule has 1 saturated heterocycles. The smallest absolute Gasteiger partial charge is 0.270 e. The fourth-order valence-electron chi connectivity index (χ4n) is 2.42. The van der Waals surface area contributed by atoms with Crippen LogP contribution in [0, 0.1) is 0 Å². The van der Waals surface area contributed by atoms with Gasteiger partial charge in [0, 0.05) is 18.0 Å². The molecule has 6 heteroatoms. The van der Waals surface area contributed by atoms with E-state index in [4.69, 9.17) is 5.73 Å². The molecule has 1 aromatic rings. The second-order valence-electron chi connectivity index (χ2n) is 5.52. The molecule has 1 aliphatic heterocycles. The van der Waals surface area contributed by atoms with Gasteiger partial charge in [-0.05, 0) is 39.8 Å². The number of aromatic nitrogens is 1. The van der Waals surface area contributed by atoms with Gasteiger partial charge in [0.1, 0.15) is 10.7 Å². The van der Waals surface area contributed by atoms with Crippen LogP contribution in [0.2, 0.25) is 0 Å². The van der Waals surface area contributed by atoms with Crippen molar-refractivity contribution in [3.63, 3.8) is 0 Å². The fourth-order valence-corrected chi connectivity index (χ4v) is 3.18. The number of likely N-dealkylation sites (tertiary alicyclic amines) is 1. The maximum absolute atomic E-state index is 12.0. The zero-order valence-electron chi connectivity index (χ0n) is 12.3. The summed E-state index contributed by atoms with van der Waals surface area (Å²) in [6.07, 6.45) is 3.86. The van der Waals surface area contributed by atoms with Gasteiger partial charge in [-0.1, -0.05) is 6.42 Å². The Kier molecular flexibility index (Phi) is 5.51. The normalized spacial score (nSPS) is 19.6. The number of thiazole rings is 1. The van der Waals surface area contributed by atoms with Crippen molar-refractivity contribution in [2.24, 2.45) is 5.73 Å². The van der Waals surface area contributed by atoms with Crippen LogP contribution in [0.5, 0.6) is 0 Å². The summed E-state index contributed by atoms with van der Waals surface area (Å²) in [7, 11) is 0. The number of nitrogens with two attached hydrogens (primary N) is 1. The summed E-state index contributed by atoms with van der Waals surface area (Å²) in [5.41, 5.74) is 6.24. The highest BCUT2D eigenvalue weighted by atomic mass is 32.1. The van der Waals surface area contributed by atoms with Crippen LogP contribution < -0.4 is 11.1 Å². The predicted octanol–water partition coefficient (Wildman–Crippen LogP) is 1.77. The molecule has 1 fully saturated rings. The third-order valence-electron chi connectivity index (χ3n) is 3.72. The maximum atomic E-state index is 12.0. The fraction of sp³-hybridized carbons (Fsp3) is 0.714. The number of rotatable bonds is 5. The van der Waals surface area contributed by atoms with Gasteiger partial charge in [0.15, 0.2) is 0 Å². The second-order valence-corrected chi connectivity index (χ2v) is 6.41. The number of nitrogens with zero attached hydrogens (tertiary/aromatic N) is 2. The van der Waals surface area contributed by atoms with Gasteiger partial charge >= 0.3 is 0 Å². The first-order valence-corrected chi connectivity index (χ1v) is 8.19. The summed E-state index contributed by atoms with van der Waals surface area (Å²) in [5, 5.41) is 5.55. The number of amides is 1. The lowest BCUT2D eigenvalue weighted by atomic mass is 10.1. The van der Waals surface area contributed by atoms with Crippen molar-refractivity contribution in [1.29, 1.82) is 0 Å². The summed E-state index contributed by atoms with van der Waals surface area (Å²) in [5.74, 6) is -0.1000. The van der Waals surface area contributed by atoms with Gasteiger partial charge in [0.2, 0.25) is 0 Å². The molecular weight excluding hydrogens is 272 g/mol. The molecule has 0 radical (unpaired) electrons. The first kappa shape index (κ1) is 15.4. The Hall–Kier alpha value is -0.980. The van der Waals surface area contributed by atoms with Crippen molar-refractivity contribution in [2.45, 2.75) is 45.2 Å². The zero-order valence-corrected chi connectivity index (χ0v) is 13.1. The molecule has 2 unspecified atom stereocenters. The number of hydrogen-bond acceptors (Lipinski definition) is 5. The molecule has 112 valence electrons. The number of carbonyl (C=O) groups excluding carboxylic acids is 1. The number of carbonyl (C=O) groups is 1. The minimum Gasteiger partial charge on any atom is -0.349 e. The summed E-state index contributed by atoms with van der Waals surface area (Å²) in [6.45, 7) is 6.99. The van der Waals surface area contributed by atoms with Crippen LogP contribution >= 0.6 is 11.3 Å². The van der Waals surface area contributed by atoms with E-state index in [0.717, 1.165) is 18.1 Å². The molecule has 0 bridgehead atoms. The van der Waals surface area contributed by atoms with Crippen LogP contribution in [-0.2, 0) is 0 Å². The summed E-state index contributed by atoms with van der Waals surface area (Å²) < 4.78 is 0. The van der Waals surface area contributed by atoms with E-state index in [0.29, 0.717) is 18.3 Å². The van der Waals surface area contributed by atoms with Crippen LogP contribution in [0.4, 0.5) is 0 Å². The molecule has 20 heavy (non-hydrogen) atoms. The van der Waals surface area contributed by atoms with Crippen LogP contribution in [0.3, 0.4) is 0 Å². The van der Waals surface area contributed by atoms with Crippen LogP contribution in [0.1, 0.15) is 54.6 Å². The Balaban J connectivity index is 1.81. The van der Waals surface area contributed by atoms with Gasteiger partial charge in [0.25, 0.3) is 5.91 Å². The van der Waals surface area contributed by atoms with E-state index < -0.39 is 0 Å². The third-order valence-corrected chi connectivity index (χ3v) is 4.76. The lowest BCUT2D eigenvalue weighted by Crippen LogP contribution is -2.44. The van der Waals surface area contributed by atoms with Crippen molar-refractivity contribution in [3.8, 4) is 0 Å². The number of nitrogens with one attached hydrogen (secondary N) is 1. The highest BCUT2D eigenvalue weighted by Gasteiger charge is 2.18. The van der Waals surface area contributed by atoms with Gasteiger partial charge in [-0.15, -0.1) is 11.3 Å². The highest BCUT2D eigenvalue weighted by Crippen LogP contribution is 2.16. The van der Waals surface area contributed by atoms with Gasteiger partial charge in [-0.3, -0.25) is 9.69 Å². The molecule has 2 rings (SSSR count). The van der Waals surface area contributed by atoms with Gasteiger partial charge < -0.3 is 11.1 Å². The molecule has 0 aromatic carbocycles. The average Bonchev–Trinajstić information content (AvgIpc) is 2.95. The van der Waals surface area contributed by atoms with E-state index in [1.54, 1.807) is 5.38 Å². The van der Waals surface area contributed by atoms with Gasteiger partial charge in [-0.2, -0.15) is 0 Å². The third kappa shape index (κ3) is 4.01. The largest absolute Gasteiger partial charge is 0.349 e. The minimum atomic E-state index is -0.117. The molecule has 2 heterocycles. The summed E-state index contributed by atoms with van der Waals surface area (Å²) >= 11 is 1.44. The minimum absolute atomic E-state index is 0.1000. The number of hydrogen-bond donors (Lipinski definition) is 2. The molecule has 1 aliphatic rings. The van der Waals surface area contributed by atoms with Crippen molar-refractivity contribution >= 4 is 17.2 Å². The van der Waals surface area contributed by atoms with E-state index in [1.165, 1.54) is 30.6 Å². The van der Waals surface area contributed by atoms with Crippen LogP contribution in [0.15, 0.2) is 5.38 Å². The Morgan fingerprint density at radius 2 is 2.15 bits per heavy atom. The van der Waals surface area contributed by atoms with E-state index in [1.807, 2.05) is 6.92 Å². The molecule has 5 nitrogen and oxygen atoms in total. The molecule has 2 atom stereocenters. The Morgan fingerprint density at radius 1 is 1.45 bits per heavy atom. The lowest BCUT2D eigenvalue weighted by molar-refractivity contribution is 0.0925. The average molecular weight is 296 g/mol. The Labute approximate surface area is 124 Å². The number of piperidine rings is 1. The topological polar surface area (TPSA) is 71.2 Å². The molecule has 0 aliphatic carbocycles. The SMILES string of the molecule is CC(N)c1nc(C(=O)NCC(C)N2CCCCC2)cs1. The van der Waals surface area contributed by atoms with Crippen molar-refractivity contribution < 1.29 is 4.79 Å². The molecular formula is C14H24N4OS. The standard InChI is InChI=1S/C14H24N4OS/c1-10(18-6-4-3-5-7-18)8-16-13(19)12-9-20-14(17-12)11(2)15/h9-11H,3-8,15H2,1-2H3,(H,16,19). The zero-order chi connectivity index (χ0) is 14.5. The van der Waals surface area contributed by atoms with E-state index in [-0.39, 0.29) is 11.9 Å². The van der Waals surface area contributed by atoms with Gasteiger partial charge in [0.05, 0.1) is 6.04 Å². The molecule has 0 saturated carbocycles. The first-order chi connectivity index (χ1) is 9.58. The summed E-state index contributed by atoms with van der Waals surface area (Å²) in [4.78, 5) is 18.8. The van der Waals surface area contributed by atoms with Crippen molar-refractivity contribution in [1.82, 2.24) is 15.2 Å². The molecule has 0 spiro atoms.